The molecule has 10 aromatic rings. The van der Waals surface area contributed by atoms with Crippen molar-refractivity contribution in [3.63, 3.8) is 0 Å². The zero-order valence-corrected chi connectivity index (χ0v) is 28.5. The van der Waals surface area contributed by atoms with Gasteiger partial charge < -0.3 is 9.47 Å². The Bertz CT molecular complexity index is 2830. The molecular weight excluding hydrogens is 629 g/mol. The second kappa shape index (κ2) is 12.5. The van der Waals surface area contributed by atoms with Crippen LogP contribution in [0.4, 0.5) is 17.1 Å². The zero-order chi connectivity index (χ0) is 34.4. The fourth-order valence-corrected chi connectivity index (χ4v) is 8.06. The molecule has 0 aliphatic rings. The summed E-state index contributed by atoms with van der Waals surface area (Å²) in [5.74, 6) is 0. The summed E-state index contributed by atoms with van der Waals surface area (Å²) in [7, 11) is 0. The average Bonchev–Trinajstić information content (AvgIpc) is 3.55. The zero-order valence-electron chi connectivity index (χ0n) is 28.5. The van der Waals surface area contributed by atoms with Gasteiger partial charge in [0, 0.05) is 32.8 Å². The minimum absolute atomic E-state index is 1.13. The minimum Gasteiger partial charge on any atom is -0.309 e. The van der Waals surface area contributed by atoms with Gasteiger partial charge in [-0.1, -0.05) is 164 Å². The molecule has 1 aromatic heterocycles. The van der Waals surface area contributed by atoms with E-state index in [1.54, 1.807) is 0 Å². The number of hydrogen-bond donors (Lipinski definition) is 0. The Balaban J connectivity index is 1.22. The molecule has 9 aromatic carbocycles. The standard InChI is InChI=1S/C50H34N2/c1-2-20-38(21-3-1)51-48-28-12-11-27-44(48)45-33-32-37(34-50(45)51)39-22-8-9-25-42(39)43-26-10-13-29-49(43)52(46-30-14-18-35-16-4-6-23-40(35)46)47-31-15-19-36-17-5-7-24-41(36)47/h1-34H. The van der Waals surface area contributed by atoms with Gasteiger partial charge in [0.25, 0.3) is 0 Å². The van der Waals surface area contributed by atoms with Crippen molar-refractivity contribution in [2.24, 2.45) is 0 Å². The van der Waals surface area contributed by atoms with Crippen molar-refractivity contribution in [1.82, 2.24) is 4.57 Å². The maximum Gasteiger partial charge on any atom is 0.0547 e. The predicted octanol–water partition coefficient (Wildman–Crippen LogP) is 13.9. The highest BCUT2D eigenvalue weighted by molar-refractivity contribution is 6.11. The highest BCUT2D eigenvalue weighted by atomic mass is 15.1. The molecule has 2 heteroatoms. The van der Waals surface area contributed by atoms with Gasteiger partial charge in [0.15, 0.2) is 0 Å². The normalized spacial score (nSPS) is 11.5. The maximum absolute atomic E-state index is 2.47. The Morgan fingerprint density at radius 2 is 0.808 bits per heavy atom. The highest BCUT2D eigenvalue weighted by Gasteiger charge is 2.22. The van der Waals surface area contributed by atoms with Gasteiger partial charge in [0.05, 0.1) is 28.1 Å². The molecule has 0 spiro atoms. The molecule has 0 N–H and O–H groups in total. The topological polar surface area (TPSA) is 8.17 Å². The van der Waals surface area contributed by atoms with Gasteiger partial charge in [0.1, 0.15) is 0 Å². The van der Waals surface area contributed by atoms with Crippen LogP contribution in [-0.2, 0) is 0 Å². The first-order valence-corrected chi connectivity index (χ1v) is 17.9. The van der Waals surface area contributed by atoms with Crippen molar-refractivity contribution in [2.75, 3.05) is 4.90 Å². The van der Waals surface area contributed by atoms with Crippen molar-refractivity contribution in [1.29, 1.82) is 0 Å². The van der Waals surface area contributed by atoms with Crippen LogP contribution >= 0.6 is 0 Å². The summed E-state index contributed by atoms with van der Waals surface area (Å²) in [4.78, 5) is 2.47. The largest absolute Gasteiger partial charge is 0.309 e. The molecule has 0 amide bonds. The molecule has 0 saturated heterocycles. The summed E-state index contributed by atoms with van der Waals surface area (Å²) in [6.45, 7) is 0. The number of benzene rings is 9. The molecule has 0 aliphatic carbocycles. The molecule has 244 valence electrons. The first kappa shape index (κ1) is 30.0. The molecule has 0 atom stereocenters. The summed E-state index contributed by atoms with van der Waals surface area (Å²) in [5.41, 5.74) is 11.7. The molecule has 0 unspecified atom stereocenters. The summed E-state index contributed by atoms with van der Waals surface area (Å²) >= 11 is 0. The lowest BCUT2D eigenvalue weighted by Crippen LogP contribution is -2.12. The summed E-state index contributed by atoms with van der Waals surface area (Å²) in [6.07, 6.45) is 0. The lowest BCUT2D eigenvalue weighted by molar-refractivity contribution is 1.18. The molecule has 0 bridgehead atoms. The number of nitrogens with zero attached hydrogens (tertiary/aromatic N) is 2. The van der Waals surface area contributed by atoms with Crippen LogP contribution in [0.1, 0.15) is 0 Å². The third kappa shape index (κ3) is 4.88. The molecule has 0 radical (unpaired) electrons. The first-order chi connectivity index (χ1) is 25.8. The average molecular weight is 663 g/mol. The van der Waals surface area contributed by atoms with E-state index < -0.39 is 0 Å². The summed E-state index contributed by atoms with van der Waals surface area (Å²) < 4.78 is 2.40. The van der Waals surface area contributed by atoms with E-state index in [2.05, 4.69) is 216 Å². The highest BCUT2D eigenvalue weighted by Crippen LogP contribution is 2.47. The fourth-order valence-electron chi connectivity index (χ4n) is 8.06. The number of rotatable bonds is 6. The lowest BCUT2D eigenvalue weighted by Gasteiger charge is -2.30. The Labute approximate surface area is 303 Å². The van der Waals surface area contributed by atoms with Crippen LogP contribution in [0, 0.1) is 0 Å². The second-order valence-corrected chi connectivity index (χ2v) is 13.3. The second-order valence-electron chi connectivity index (χ2n) is 13.3. The quantitative estimate of drug-likeness (QED) is 0.172. The smallest absolute Gasteiger partial charge is 0.0547 e. The first-order valence-electron chi connectivity index (χ1n) is 17.9. The molecule has 1 heterocycles. The van der Waals surface area contributed by atoms with Gasteiger partial charge in [0.2, 0.25) is 0 Å². The fraction of sp³-hybridized carbons (Fsp3) is 0. The minimum atomic E-state index is 1.13. The van der Waals surface area contributed by atoms with Gasteiger partial charge in [-0.25, -0.2) is 0 Å². The van der Waals surface area contributed by atoms with Crippen LogP contribution in [0.15, 0.2) is 206 Å². The molecule has 10 rings (SSSR count). The van der Waals surface area contributed by atoms with Crippen LogP contribution < -0.4 is 4.90 Å². The van der Waals surface area contributed by atoms with Crippen molar-refractivity contribution in [3.8, 4) is 27.9 Å². The monoisotopic (exact) mass is 662 g/mol. The summed E-state index contributed by atoms with van der Waals surface area (Å²) in [5, 5.41) is 7.35. The predicted molar refractivity (Wildman–Crippen MR) is 221 cm³/mol. The molecule has 2 nitrogen and oxygen atoms in total. The van der Waals surface area contributed by atoms with Crippen LogP contribution in [0.25, 0.3) is 71.3 Å². The molecule has 0 saturated carbocycles. The van der Waals surface area contributed by atoms with E-state index in [1.165, 1.54) is 65.6 Å². The molecular formula is C50H34N2. The van der Waals surface area contributed by atoms with Crippen LogP contribution in [0.3, 0.4) is 0 Å². The van der Waals surface area contributed by atoms with E-state index >= 15 is 0 Å². The van der Waals surface area contributed by atoms with Crippen molar-refractivity contribution in [3.05, 3.63) is 206 Å². The number of anilines is 3. The van der Waals surface area contributed by atoms with E-state index in [0.717, 1.165) is 22.7 Å². The van der Waals surface area contributed by atoms with Gasteiger partial charge >= 0.3 is 0 Å². The van der Waals surface area contributed by atoms with E-state index in [4.69, 9.17) is 0 Å². The van der Waals surface area contributed by atoms with Crippen molar-refractivity contribution < 1.29 is 0 Å². The molecule has 52 heavy (non-hydrogen) atoms. The number of fused-ring (bicyclic) bond motifs is 5. The Hall–Kier alpha value is -6.90. The van der Waals surface area contributed by atoms with Crippen LogP contribution in [0.2, 0.25) is 0 Å². The van der Waals surface area contributed by atoms with Gasteiger partial charge in [-0.05, 0) is 69.9 Å². The van der Waals surface area contributed by atoms with E-state index in [-0.39, 0.29) is 0 Å². The Kier molecular flexibility index (Phi) is 7.18. The maximum atomic E-state index is 2.47. The SMILES string of the molecule is c1ccc(-n2c3ccccc3c3ccc(-c4ccccc4-c4ccccc4N(c4cccc5ccccc45)c4cccc5ccccc45)cc32)cc1. The Morgan fingerprint density at radius 3 is 1.52 bits per heavy atom. The van der Waals surface area contributed by atoms with Crippen molar-refractivity contribution >= 4 is 60.4 Å². The van der Waals surface area contributed by atoms with E-state index in [1.807, 2.05) is 0 Å². The number of hydrogen-bond acceptors (Lipinski definition) is 1. The lowest BCUT2D eigenvalue weighted by atomic mass is 9.92. The van der Waals surface area contributed by atoms with Gasteiger partial charge in [-0.15, -0.1) is 0 Å². The molecule has 0 fully saturated rings. The Morgan fingerprint density at radius 1 is 0.308 bits per heavy atom. The third-order valence-corrected chi connectivity index (χ3v) is 10.4. The third-order valence-electron chi connectivity index (χ3n) is 10.4. The van der Waals surface area contributed by atoms with Gasteiger partial charge in [-0.2, -0.15) is 0 Å². The van der Waals surface area contributed by atoms with Crippen LogP contribution in [0.5, 0.6) is 0 Å². The van der Waals surface area contributed by atoms with Crippen molar-refractivity contribution in [2.45, 2.75) is 0 Å². The van der Waals surface area contributed by atoms with E-state index in [0.29, 0.717) is 0 Å². The number of aromatic nitrogens is 1. The number of para-hydroxylation sites is 3. The van der Waals surface area contributed by atoms with Gasteiger partial charge in [-0.3, -0.25) is 0 Å². The van der Waals surface area contributed by atoms with Crippen LogP contribution in [-0.4, -0.2) is 4.57 Å². The summed E-state index contributed by atoms with van der Waals surface area (Å²) in [6, 6.07) is 74.7. The molecule has 0 aliphatic heterocycles. The van der Waals surface area contributed by atoms with E-state index in [9.17, 15) is 0 Å².